The first-order valence-electron chi connectivity index (χ1n) is 9.19. The summed E-state index contributed by atoms with van der Waals surface area (Å²) < 4.78 is 5.15. The van der Waals surface area contributed by atoms with Crippen LogP contribution in [0.3, 0.4) is 0 Å². The van der Waals surface area contributed by atoms with E-state index >= 15 is 0 Å². The molecule has 4 rings (SSSR count). The Hall–Kier alpha value is -3.31. The highest BCUT2D eigenvalue weighted by atomic mass is 35.5. The van der Waals surface area contributed by atoms with Gasteiger partial charge in [0.2, 0.25) is 5.91 Å². The lowest BCUT2D eigenvalue weighted by atomic mass is 10.1. The average molecular weight is 407 g/mol. The van der Waals surface area contributed by atoms with Gasteiger partial charge in [0.25, 0.3) is 5.91 Å². The maximum atomic E-state index is 13.2. The number of halogens is 1. The third-order valence-electron chi connectivity index (χ3n) is 4.94. The minimum absolute atomic E-state index is 0.205. The zero-order valence-corrected chi connectivity index (χ0v) is 16.5. The lowest BCUT2D eigenvalue weighted by Gasteiger charge is -2.25. The summed E-state index contributed by atoms with van der Waals surface area (Å²) in [5.41, 5.74) is 2.80. The van der Waals surface area contributed by atoms with E-state index in [2.05, 4.69) is 5.32 Å². The number of nitrogens with zero attached hydrogens (tertiary/aromatic N) is 1. The van der Waals surface area contributed by atoms with Crippen LogP contribution in [0.1, 0.15) is 15.9 Å². The van der Waals surface area contributed by atoms with Gasteiger partial charge < -0.3 is 10.1 Å². The van der Waals surface area contributed by atoms with E-state index in [1.54, 1.807) is 35.2 Å². The Balaban J connectivity index is 1.64. The second-order valence-electron chi connectivity index (χ2n) is 6.73. The van der Waals surface area contributed by atoms with E-state index in [0.29, 0.717) is 28.4 Å². The molecule has 0 aromatic heterocycles. The van der Waals surface area contributed by atoms with Crippen LogP contribution in [0.15, 0.2) is 72.8 Å². The van der Waals surface area contributed by atoms with E-state index < -0.39 is 6.04 Å². The molecule has 0 spiro atoms. The molecule has 0 fully saturated rings. The second kappa shape index (κ2) is 7.97. The van der Waals surface area contributed by atoms with Crippen molar-refractivity contribution in [3.8, 4) is 5.75 Å². The van der Waals surface area contributed by atoms with Crippen molar-refractivity contribution in [3.05, 3.63) is 88.9 Å². The number of methoxy groups -OCH3 is 1. The van der Waals surface area contributed by atoms with Crippen LogP contribution in [-0.2, 0) is 11.2 Å². The summed E-state index contributed by atoms with van der Waals surface area (Å²) >= 11 is 6.16. The molecule has 1 aliphatic heterocycles. The van der Waals surface area contributed by atoms with Crippen LogP contribution in [0.2, 0.25) is 5.02 Å². The smallest absolute Gasteiger partial charge is 0.259 e. The molecule has 3 aromatic carbocycles. The summed E-state index contributed by atoms with van der Waals surface area (Å²) in [6, 6.07) is 20.9. The fraction of sp³-hybridized carbons (Fsp3) is 0.130. The summed E-state index contributed by atoms with van der Waals surface area (Å²) in [4.78, 5) is 27.9. The van der Waals surface area contributed by atoms with Crippen molar-refractivity contribution in [1.29, 1.82) is 0 Å². The number of rotatable bonds is 4. The van der Waals surface area contributed by atoms with Crippen LogP contribution in [0.5, 0.6) is 5.75 Å². The van der Waals surface area contributed by atoms with E-state index in [-0.39, 0.29) is 11.8 Å². The number of amides is 2. The van der Waals surface area contributed by atoms with Crippen molar-refractivity contribution >= 4 is 34.8 Å². The summed E-state index contributed by atoms with van der Waals surface area (Å²) in [6.07, 6.45) is 0.449. The van der Waals surface area contributed by atoms with E-state index in [4.69, 9.17) is 16.3 Å². The fourth-order valence-electron chi connectivity index (χ4n) is 3.54. The van der Waals surface area contributed by atoms with Gasteiger partial charge in [0, 0.05) is 23.4 Å². The largest absolute Gasteiger partial charge is 0.495 e. The van der Waals surface area contributed by atoms with Gasteiger partial charge in [-0.25, -0.2) is 0 Å². The average Bonchev–Trinajstić information content (AvgIpc) is 3.14. The predicted octanol–water partition coefficient (Wildman–Crippen LogP) is 4.56. The number of nitrogens with one attached hydrogen (secondary N) is 1. The molecule has 1 N–H and O–H groups in total. The predicted molar refractivity (Wildman–Crippen MR) is 114 cm³/mol. The first kappa shape index (κ1) is 19.0. The van der Waals surface area contributed by atoms with Crippen LogP contribution >= 0.6 is 11.6 Å². The number of hydrogen-bond donors (Lipinski definition) is 1. The van der Waals surface area contributed by atoms with Gasteiger partial charge in [-0.15, -0.1) is 0 Å². The number of para-hydroxylation sites is 1. The number of carbonyl (C=O) groups excluding carboxylic acids is 2. The molecule has 0 aliphatic carbocycles. The molecule has 3 aromatic rings. The van der Waals surface area contributed by atoms with Gasteiger partial charge in [-0.2, -0.15) is 0 Å². The Bertz CT molecular complexity index is 1070. The lowest BCUT2D eigenvalue weighted by molar-refractivity contribution is -0.117. The lowest BCUT2D eigenvalue weighted by Crippen LogP contribution is -2.45. The minimum atomic E-state index is -0.652. The molecule has 29 heavy (non-hydrogen) atoms. The zero-order valence-electron chi connectivity index (χ0n) is 15.8. The zero-order chi connectivity index (χ0) is 20.4. The Morgan fingerprint density at radius 2 is 1.76 bits per heavy atom. The summed E-state index contributed by atoms with van der Waals surface area (Å²) in [6.45, 7) is 0. The van der Waals surface area contributed by atoms with Gasteiger partial charge in [0.05, 0.1) is 12.1 Å². The highest BCUT2D eigenvalue weighted by Gasteiger charge is 2.38. The van der Waals surface area contributed by atoms with Crippen LogP contribution in [0.4, 0.5) is 11.4 Å². The Kier molecular flexibility index (Phi) is 5.23. The van der Waals surface area contributed by atoms with Crippen molar-refractivity contribution in [2.75, 3.05) is 17.3 Å². The van der Waals surface area contributed by atoms with Crippen LogP contribution in [0.25, 0.3) is 0 Å². The maximum Gasteiger partial charge on any atom is 0.259 e. The summed E-state index contributed by atoms with van der Waals surface area (Å²) in [5, 5.41) is 3.27. The van der Waals surface area contributed by atoms with Crippen LogP contribution in [-0.4, -0.2) is 25.0 Å². The number of hydrogen-bond acceptors (Lipinski definition) is 3. The van der Waals surface area contributed by atoms with E-state index in [0.717, 1.165) is 11.3 Å². The van der Waals surface area contributed by atoms with Gasteiger partial charge in [-0.3, -0.25) is 14.5 Å². The molecule has 1 unspecified atom stereocenters. The van der Waals surface area contributed by atoms with Gasteiger partial charge in [-0.1, -0.05) is 48.0 Å². The highest BCUT2D eigenvalue weighted by molar-refractivity contribution is 6.32. The molecular formula is C23H19ClN2O3. The summed E-state index contributed by atoms with van der Waals surface area (Å²) in [5.74, 6) is 0.0500. The van der Waals surface area contributed by atoms with Gasteiger partial charge >= 0.3 is 0 Å². The Morgan fingerprint density at radius 3 is 2.48 bits per heavy atom. The maximum absolute atomic E-state index is 13.2. The van der Waals surface area contributed by atoms with E-state index in [1.807, 2.05) is 42.5 Å². The number of anilines is 2. The van der Waals surface area contributed by atoms with Gasteiger partial charge in [0.15, 0.2) is 0 Å². The number of fused-ring (bicyclic) bond motifs is 1. The molecule has 5 nitrogen and oxygen atoms in total. The molecule has 146 valence electrons. The van der Waals surface area contributed by atoms with Crippen molar-refractivity contribution in [2.45, 2.75) is 12.5 Å². The topological polar surface area (TPSA) is 58.6 Å². The first-order chi connectivity index (χ1) is 14.1. The van der Waals surface area contributed by atoms with Crippen molar-refractivity contribution in [1.82, 2.24) is 0 Å². The number of ether oxygens (including phenoxy) is 1. The molecule has 1 aliphatic rings. The summed E-state index contributed by atoms with van der Waals surface area (Å²) in [7, 11) is 1.53. The highest BCUT2D eigenvalue weighted by Crippen LogP contribution is 2.34. The van der Waals surface area contributed by atoms with Crippen LogP contribution in [0, 0.1) is 0 Å². The van der Waals surface area contributed by atoms with Crippen LogP contribution < -0.4 is 15.0 Å². The molecule has 0 radical (unpaired) electrons. The Labute approximate surface area is 173 Å². The number of benzene rings is 3. The second-order valence-corrected chi connectivity index (χ2v) is 7.14. The van der Waals surface area contributed by atoms with E-state index in [1.165, 1.54) is 7.11 Å². The van der Waals surface area contributed by atoms with Crippen molar-refractivity contribution < 1.29 is 14.3 Å². The standard InChI is InChI=1S/C23H19ClN2O3/c1-29-21-12-11-17(14-18(21)24)25-22(27)20-13-16-9-5-6-10-19(16)26(20)23(28)15-7-3-2-4-8-15/h2-12,14,20H,13H2,1H3,(H,25,27). The third-order valence-corrected chi connectivity index (χ3v) is 5.23. The molecule has 1 atom stereocenters. The molecule has 0 saturated heterocycles. The monoisotopic (exact) mass is 406 g/mol. The third kappa shape index (κ3) is 3.69. The first-order valence-corrected chi connectivity index (χ1v) is 9.57. The van der Waals surface area contributed by atoms with Crippen molar-refractivity contribution in [2.24, 2.45) is 0 Å². The Morgan fingerprint density at radius 1 is 1.03 bits per heavy atom. The SMILES string of the molecule is COc1ccc(NC(=O)C2Cc3ccccc3N2C(=O)c2ccccc2)cc1Cl. The molecular weight excluding hydrogens is 388 g/mol. The quantitative estimate of drug-likeness (QED) is 0.691. The molecule has 6 heteroatoms. The minimum Gasteiger partial charge on any atom is -0.495 e. The molecule has 0 saturated carbocycles. The fourth-order valence-corrected chi connectivity index (χ4v) is 3.79. The molecule has 1 heterocycles. The normalized spacial score (nSPS) is 15.0. The van der Waals surface area contributed by atoms with Gasteiger partial charge in [0.1, 0.15) is 11.8 Å². The van der Waals surface area contributed by atoms with Crippen molar-refractivity contribution in [3.63, 3.8) is 0 Å². The van der Waals surface area contributed by atoms with Gasteiger partial charge in [-0.05, 0) is 42.0 Å². The van der Waals surface area contributed by atoms with E-state index in [9.17, 15) is 9.59 Å². The molecule has 2 amide bonds. The number of carbonyl (C=O) groups is 2. The molecule has 0 bridgehead atoms.